The smallest absolute Gasteiger partial charge is 0.335 e. The van der Waals surface area contributed by atoms with Crippen LogP contribution in [-0.2, 0) is 16.0 Å². The lowest BCUT2D eigenvalue weighted by Crippen LogP contribution is -2.48. The maximum atomic E-state index is 12.9. The number of amides is 2. The van der Waals surface area contributed by atoms with Crippen LogP contribution >= 0.6 is 0 Å². The van der Waals surface area contributed by atoms with Gasteiger partial charge in [-0.15, -0.1) is 0 Å². The number of oxazole rings is 1. The quantitative estimate of drug-likeness (QED) is 0.201. The molecule has 0 spiro atoms. The lowest BCUT2D eigenvalue weighted by molar-refractivity contribution is -0.129. The first-order chi connectivity index (χ1) is 17.9. The van der Waals surface area contributed by atoms with Crippen molar-refractivity contribution >= 4 is 17.8 Å². The van der Waals surface area contributed by atoms with Gasteiger partial charge in [0.2, 0.25) is 11.8 Å². The Hall–Kier alpha value is -3.16. The normalized spacial score (nSPS) is 11.7. The average molecular weight is 514 g/mol. The van der Waals surface area contributed by atoms with E-state index in [1.54, 1.807) is 18.3 Å². The lowest BCUT2D eigenvalue weighted by Gasteiger charge is -2.17. The summed E-state index contributed by atoms with van der Waals surface area (Å²) in [6, 6.07) is 5.53. The molecule has 2 amide bonds. The molecule has 0 aliphatic heterocycles. The summed E-state index contributed by atoms with van der Waals surface area (Å²) in [4.78, 5) is 40.9. The molecule has 0 saturated carbocycles. The van der Waals surface area contributed by atoms with Gasteiger partial charge in [0.25, 0.3) is 0 Å². The summed E-state index contributed by atoms with van der Waals surface area (Å²) in [6.45, 7) is 4.90. The van der Waals surface area contributed by atoms with E-state index in [0.717, 1.165) is 44.9 Å². The van der Waals surface area contributed by atoms with Crippen LogP contribution in [-0.4, -0.2) is 40.5 Å². The number of aromatic nitrogens is 1. The standard InChI is InChI=1S/C29H43N3O5/c1-3-5-7-9-10-11-12-14-26(33)32-24(28(34)30-19-13-8-6-4-2)20-27-31-21-25(37-27)22-15-17-23(18-16-22)29(35)36/h15-18,21,24H,3-14,19-20H2,1-2H3,(H,30,34)(H,32,33)(H,35,36). The van der Waals surface area contributed by atoms with Crippen LogP contribution in [0.2, 0.25) is 0 Å². The molecule has 1 atom stereocenters. The highest BCUT2D eigenvalue weighted by Gasteiger charge is 2.23. The minimum Gasteiger partial charge on any atom is -0.478 e. The van der Waals surface area contributed by atoms with E-state index in [1.807, 2.05) is 0 Å². The van der Waals surface area contributed by atoms with Gasteiger partial charge < -0.3 is 20.2 Å². The van der Waals surface area contributed by atoms with Gasteiger partial charge in [0.05, 0.1) is 18.2 Å². The first-order valence-corrected chi connectivity index (χ1v) is 13.8. The fourth-order valence-corrected chi connectivity index (χ4v) is 4.09. The van der Waals surface area contributed by atoms with E-state index >= 15 is 0 Å². The molecule has 37 heavy (non-hydrogen) atoms. The molecule has 0 bridgehead atoms. The fraction of sp³-hybridized carbons (Fsp3) is 0.586. The first kappa shape index (κ1) is 30.1. The second kappa shape index (κ2) is 17.3. The molecule has 8 heteroatoms. The second-order valence-electron chi connectivity index (χ2n) is 9.55. The summed E-state index contributed by atoms with van der Waals surface area (Å²) in [5.41, 5.74) is 0.867. The van der Waals surface area contributed by atoms with Crippen LogP contribution in [0.5, 0.6) is 0 Å². The largest absolute Gasteiger partial charge is 0.478 e. The van der Waals surface area contributed by atoms with Crippen molar-refractivity contribution in [3.63, 3.8) is 0 Å². The van der Waals surface area contributed by atoms with Gasteiger partial charge in [-0.05, 0) is 25.0 Å². The number of carboxylic acids is 1. The molecule has 1 unspecified atom stereocenters. The number of nitrogens with one attached hydrogen (secondary N) is 2. The van der Waals surface area contributed by atoms with Gasteiger partial charge in [0, 0.05) is 18.5 Å². The van der Waals surface area contributed by atoms with Crippen LogP contribution in [0, 0.1) is 0 Å². The number of carbonyl (C=O) groups is 3. The van der Waals surface area contributed by atoms with E-state index < -0.39 is 12.0 Å². The molecule has 0 aliphatic rings. The molecule has 3 N–H and O–H groups in total. The van der Waals surface area contributed by atoms with E-state index in [0.29, 0.717) is 30.2 Å². The van der Waals surface area contributed by atoms with Crippen LogP contribution < -0.4 is 10.6 Å². The van der Waals surface area contributed by atoms with Gasteiger partial charge in [-0.3, -0.25) is 9.59 Å². The monoisotopic (exact) mass is 513 g/mol. The number of aromatic carboxylic acids is 1. The van der Waals surface area contributed by atoms with Gasteiger partial charge in [-0.1, -0.05) is 83.8 Å². The lowest BCUT2D eigenvalue weighted by atomic mass is 10.1. The summed E-state index contributed by atoms with van der Waals surface area (Å²) in [5, 5.41) is 14.9. The maximum absolute atomic E-state index is 12.9. The number of carboxylic acid groups (broad SMARTS) is 1. The van der Waals surface area contributed by atoms with Crippen molar-refractivity contribution in [3.05, 3.63) is 41.9 Å². The third-order valence-corrected chi connectivity index (χ3v) is 6.34. The molecule has 2 aromatic rings. The van der Waals surface area contributed by atoms with Gasteiger partial charge in [0.15, 0.2) is 11.7 Å². The fourth-order valence-electron chi connectivity index (χ4n) is 4.09. The number of benzene rings is 1. The number of rotatable bonds is 19. The van der Waals surface area contributed by atoms with Crippen molar-refractivity contribution in [2.75, 3.05) is 6.54 Å². The SMILES string of the molecule is CCCCCCCCCC(=O)NC(Cc1ncc(-c2ccc(C(=O)O)cc2)o1)C(=O)NCCCCCC. The van der Waals surface area contributed by atoms with Crippen LogP contribution in [0.15, 0.2) is 34.9 Å². The van der Waals surface area contributed by atoms with Gasteiger partial charge >= 0.3 is 5.97 Å². The van der Waals surface area contributed by atoms with Crippen LogP contribution in [0.1, 0.15) is 107 Å². The zero-order valence-electron chi connectivity index (χ0n) is 22.4. The minimum absolute atomic E-state index is 0.136. The van der Waals surface area contributed by atoms with Crippen LogP contribution in [0.25, 0.3) is 11.3 Å². The highest BCUT2D eigenvalue weighted by Crippen LogP contribution is 2.21. The number of hydrogen-bond donors (Lipinski definition) is 3. The molecule has 8 nitrogen and oxygen atoms in total. The molecule has 0 saturated heterocycles. The molecule has 2 rings (SSSR count). The summed E-state index contributed by atoms with van der Waals surface area (Å²) in [5.74, 6) is -0.578. The van der Waals surface area contributed by atoms with Crippen molar-refractivity contribution in [2.45, 2.75) is 103 Å². The number of hydrogen-bond acceptors (Lipinski definition) is 5. The Morgan fingerprint density at radius 3 is 2.16 bits per heavy atom. The first-order valence-electron chi connectivity index (χ1n) is 13.8. The second-order valence-corrected chi connectivity index (χ2v) is 9.55. The molecule has 1 heterocycles. The zero-order chi connectivity index (χ0) is 26.9. The Morgan fingerprint density at radius 2 is 1.51 bits per heavy atom. The molecular weight excluding hydrogens is 470 g/mol. The minimum atomic E-state index is -0.999. The zero-order valence-corrected chi connectivity index (χ0v) is 22.4. The topological polar surface area (TPSA) is 122 Å². The molecule has 0 fully saturated rings. The van der Waals surface area contributed by atoms with Crippen molar-refractivity contribution in [2.24, 2.45) is 0 Å². The summed E-state index contributed by atoms with van der Waals surface area (Å²) in [6.07, 6.45) is 14.1. The average Bonchev–Trinajstić information content (AvgIpc) is 3.36. The van der Waals surface area contributed by atoms with Gasteiger partial charge in [-0.25, -0.2) is 9.78 Å². The molecule has 1 aromatic heterocycles. The maximum Gasteiger partial charge on any atom is 0.335 e. The molecular formula is C29H43N3O5. The van der Waals surface area contributed by atoms with E-state index in [4.69, 9.17) is 9.52 Å². The number of unbranched alkanes of at least 4 members (excludes halogenated alkanes) is 9. The summed E-state index contributed by atoms with van der Waals surface area (Å²) in [7, 11) is 0. The van der Waals surface area contributed by atoms with E-state index in [-0.39, 0.29) is 23.8 Å². The molecule has 204 valence electrons. The van der Waals surface area contributed by atoms with Crippen molar-refractivity contribution in [1.29, 1.82) is 0 Å². The summed E-state index contributed by atoms with van der Waals surface area (Å²) >= 11 is 0. The Balaban J connectivity index is 1.95. The highest BCUT2D eigenvalue weighted by atomic mass is 16.4. The predicted molar refractivity (Wildman–Crippen MR) is 144 cm³/mol. The van der Waals surface area contributed by atoms with Crippen molar-refractivity contribution < 1.29 is 23.9 Å². The van der Waals surface area contributed by atoms with Gasteiger partial charge in [-0.2, -0.15) is 0 Å². The molecule has 1 aromatic carbocycles. The number of nitrogens with zero attached hydrogens (tertiary/aromatic N) is 1. The highest BCUT2D eigenvalue weighted by molar-refractivity contribution is 5.88. The molecule has 0 radical (unpaired) electrons. The van der Waals surface area contributed by atoms with Crippen molar-refractivity contribution in [1.82, 2.24) is 15.6 Å². The Labute approximate surface area is 220 Å². The summed E-state index contributed by atoms with van der Waals surface area (Å²) < 4.78 is 5.85. The molecule has 0 aliphatic carbocycles. The Kier molecular flexibility index (Phi) is 14.1. The Bertz CT molecular complexity index is 955. The number of carbonyl (C=O) groups excluding carboxylic acids is 2. The van der Waals surface area contributed by atoms with E-state index in [1.165, 1.54) is 37.8 Å². The van der Waals surface area contributed by atoms with Crippen LogP contribution in [0.4, 0.5) is 0 Å². The van der Waals surface area contributed by atoms with E-state index in [9.17, 15) is 14.4 Å². The third kappa shape index (κ3) is 11.6. The van der Waals surface area contributed by atoms with E-state index in [2.05, 4.69) is 29.5 Å². The predicted octanol–water partition coefficient (Wildman–Crippen LogP) is 5.90. The van der Waals surface area contributed by atoms with Crippen molar-refractivity contribution in [3.8, 4) is 11.3 Å². The van der Waals surface area contributed by atoms with Crippen LogP contribution in [0.3, 0.4) is 0 Å². The van der Waals surface area contributed by atoms with Gasteiger partial charge in [0.1, 0.15) is 6.04 Å². The Morgan fingerprint density at radius 1 is 0.892 bits per heavy atom. The third-order valence-electron chi connectivity index (χ3n) is 6.34.